The first-order valence-electron chi connectivity index (χ1n) is 7.64. The highest BCUT2D eigenvalue weighted by Gasteiger charge is 2.24. The molecular weight excluding hydrogens is 312 g/mol. The highest BCUT2D eigenvalue weighted by molar-refractivity contribution is 9.10. The summed E-state index contributed by atoms with van der Waals surface area (Å²) in [6.07, 6.45) is 3.88. The van der Waals surface area contributed by atoms with E-state index in [-0.39, 0.29) is 0 Å². The Morgan fingerprint density at radius 3 is 2.70 bits per heavy atom. The van der Waals surface area contributed by atoms with E-state index in [0.29, 0.717) is 11.5 Å². The molecule has 0 amide bonds. The maximum Gasteiger partial charge on any atom is 0.0425 e. The lowest BCUT2D eigenvalue weighted by Crippen LogP contribution is -2.27. The number of nitrogens with zero attached hydrogens (tertiary/aromatic N) is 1. The lowest BCUT2D eigenvalue weighted by Gasteiger charge is -2.29. The van der Waals surface area contributed by atoms with E-state index in [0.717, 1.165) is 6.54 Å². The van der Waals surface area contributed by atoms with Gasteiger partial charge in [-0.3, -0.25) is 0 Å². The van der Waals surface area contributed by atoms with Crippen molar-refractivity contribution < 1.29 is 0 Å². The average Bonchev–Trinajstić information content (AvgIpc) is 2.58. The van der Waals surface area contributed by atoms with Crippen LogP contribution in [0.1, 0.15) is 51.6 Å². The van der Waals surface area contributed by atoms with Crippen molar-refractivity contribution >= 4 is 21.6 Å². The molecule has 1 fully saturated rings. The van der Waals surface area contributed by atoms with Gasteiger partial charge in [-0.15, -0.1) is 0 Å². The van der Waals surface area contributed by atoms with E-state index >= 15 is 0 Å². The highest BCUT2D eigenvalue weighted by atomic mass is 79.9. The molecule has 0 aromatic heterocycles. The Morgan fingerprint density at radius 1 is 1.25 bits per heavy atom. The van der Waals surface area contributed by atoms with Crippen LogP contribution in [0.5, 0.6) is 0 Å². The summed E-state index contributed by atoms with van der Waals surface area (Å²) < 4.78 is 1.17. The lowest BCUT2D eigenvalue weighted by molar-refractivity contribution is 0.325. The van der Waals surface area contributed by atoms with Gasteiger partial charge in [0, 0.05) is 29.3 Å². The minimum atomic E-state index is 0.384. The highest BCUT2D eigenvalue weighted by Crippen LogP contribution is 2.35. The number of hydrogen-bond acceptors (Lipinski definition) is 2. The number of halogens is 1. The second kappa shape index (κ2) is 6.48. The van der Waals surface area contributed by atoms with Crippen LogP contribution in [0.4, 0.5) is 5.69 Å². The molecule has 0 spiro atoms. The molecule has 20 heavy (non-hydrogen) atoms. The van der Waals surface area contributed by atoms with Gasteiger partial charge in [-0.2, -0.15) is 0 Å². The molecule has 0 radical (unpaired) electrons. The molecule has 112 valence electrons. The molecule has 1 heterocycles. The molecule has 1 N–H and O–H groups in total. The van der Waals surface area contributed by atoms with Gasteiger partial charge in [-0.25, -0.2) is 0 Å². The van der Waals surface area contributed by atoms with Gasteiger partial charge in [-0.1, -0.05) is 35.8 Å². The molecular formula is C17H27BrN2. The lowest BCUT2D eigenvalue weighted by atomic mass is 9.85. The Bertz CT molecular complexity index is 456. The fraction of sp³-hybridized carbons (Fsp3) is 0.647. The van der Waals surface area contributed by atoms with Crippen molar-refractivity contribution in [1.29, 1.82) is 0 Å². The summed E-state index contributed by atoms with van der Waals surface area (Å²) in [4.78, 5) is 2.57. The first-order valence-corrected chi connectivity index (χ1v) is 8.44. The zero-order valence-corrected chi connectivity index (χ0v) is 14.8. The summed E-state index contributed by atoms with van der Waals surface area (Å²) in [6, 6.07) is 7.06. The molecule has 0 bridgehead atoms. The Morgan fingerprint density at radius 2 is 2.00 bits per heavy atom. The molecule has 1 aliphatic rings. The summed E-state index contributed by atoms with van der Waals surface area (Å²) in [5, 5.41) is 3.37. The monoisotopic (exact) mass is 338 g/mol. The van der Waals surface area contributed by atoms with Crippen LogP contribution in [0, 0.1) is 5.41 Å². The van der Waals surface area contributed by atoms with Gasteiger partial charge >= 0.3 is 0 Å². The minimum Gasteiger partial charge on any atom is -0.371 e. The van der Waals surface area contributed by atoms with Crippen LogP contribution in [0.25, 0.3) is 0 Å². The largest absolute Gasteiger partial charge is 0.371 e. The number of nitrogens with one attached hydrogen (secondary N) is 1. The summed E-state index contributed by atoms with van der Waals surface area (Å²) in [6.45, 7) is 9.35. The fourth-order valence-corrected chi connectivity index (χ4v) is 3.33. The number of anilines is 1. The number of hydrogen-bond donors (Lipinski definition) is 1. The topological polar surface area (TPSA) is 15.3 Å². The molecule has 0 aliphatic carbocycles. The third kappa shape index (κ3) is 3.76. The standard InChI is InChI=1S/C17H27BrN2/c1-13(19-4)15-7-6-14(18)12-16(15)20-10-5-8-17(2,3)9-11-20/h6-7,12-13,19H,5,8-11H2,1-4H3. The van der Waals surface area contributed by atoms with Gasteiger partial charge in [-0.05, 0) is 56.3 Å². The third-order valence-corrected chi connectivity index (χ3v) is 5.07. The van der Waals surface area contributed by atoms with E-state index in [1.807, 2.05) is 7.05 Å². The number of rotatable bonds is 3. The van der Waals surface area contributed by atoms with E-state index in [1.54, 1.807) is 0 Å². The van der Waals surface area contributed by atoms with E-state index in [4.69, 9.17) is 0 Å². The summed E-state index contributed by atoms with van der Waals surface area (Å²) in [7, 11) is 2.03. The van der Waals surface area contributed by atoms with Crippen molar-refractivity contribution in [3.05, 3.63) is 28.2 Å². The normalized spacial score (nSPS) is 20.6. The Labute approximate surface area is 132 Å². The first-order chi connectivity index (χ1) is 9.43. The Balaban J connectivity index is 2.29. The van der Waals surface area contributed by atoms with Crippen LogP contribution < -0.4 is 10.2 Å². The maximum absolute atomic E-state index is 3.63. The van der Waals surface area contributed by atoms with E-state index in [1.165, 1.54) is 41.5 Å². The minimum absolute atomic E-state index is 0.384. The van der Waals surface area contributed by atoms with Crippen molar-refractivity contribution in [3.63, 3.8) is 0 Å². The van der Waals surface area contributed by atoms with Crippen LogP contribution in [0.3, 0.4) is 0 Å². The van der Waals surface area contributed by atoms with E-state index < -0.39 is 0 Å². The second-order valence-electron chi connectivity index (χ2n) is 6.72. The predicted molar refractivity (Wildman–Crippen MR) is 91.5 cm³/mol. The van der Waals surface area contributed by atoms with Crippen LogP contribution in [-0.2, 0) is 0 Å². The van der Waals surface area contributed by atoms with Crippen LogP contribution in [-0.4, -0.2) is 20.1 Å². The molecule has 1 aliphatic heterocycles. The second-order valence-corrected chi connectivity index (χ2v) is 7.63. The Kier molecular flexibility index (Phi) is 5.14. The SMILES string of the molecule is CNC(C)c1ccc(Br)cc1N1CCCC(C)(C)CC1. The molecule has 0 saturated carbocycles. The quantitative estimate of drug-likeness (QED) is 0.855. The van der Waals surface area contributed by atoms with Crippen molar-refractivity contribution in [2.75, 3.05) is 25.0 Å². The van der Waals surface area contributed by atoms with Crippen molar-refractivity contribution in [1.82, 2.24) is 5.32 Å². The zero-order chi connectivity index (χ0) is 14.8. The van der Waals surface area contributed by atoms with Crippen LogP contribution in [0.15, 0.2) is 22.7 Å². The summed E-state index contributed by atoms with van der Waals surface area (Å²) >= 11 is 3.63. The third-order valence-electron chi connectivity index (χ3n) is 4.57. The smallest absolute Gasteiger partial charge is 0.0425 e. The van der Waals surface area contributed by atoms with Crippen LogP contribution >= 0.6 is 15.9 Å². The van der Waals surface area contributed by atoms with Crippen molar-refractivity contribution in [2.45, 2.75) is 46.1 Å². The maximum atomic E-state index is 3.63. The van der Waals surface area contributed by atoms with Crippen LogP contribution in [0.2, 0.25) is 0 Å². The number of benzene rings is 1. The molecule has 1 unspecified atom stereocenters. The van der Waals surface area contributed by atoms with Gasteiger partial charge in [0.15, 0.2) is 0 Å². The molecule has 1 aromatic carbocycles. The van der Waals surface area contributed by atoms with Gasteiger partial charge in [0.05, 0.1) is 0 Å². The average molecular weight is 339 g/mol. The van der Waals surface area contributed by atoms with Gasteiger partial charge in [0.2, 0.25) is 0 Å². The Hall–Kier alpha value is -0.540. The van der Waals surface area contributed by atoms with Gasteiger partial charge in [0.25, 0.3) is 0 Å². The molecule has 2 rings (SSSR count). The summed E-state index contributed by atoms with van der Waals surface area (Å²) in [5.74, 6) is 0. The van der Waals surface area contributed by atoms with Gasteiger partial charge < -0.3 is 10.2 Å². The van der Waals surface area contributed by atoms with E-state index in [9.17, 15) is 0 Å². The molecule has 1 atom stereocenters. The fourth-order valence-electron chi connectivity index (χ4n) is 2.98. The van der Waals surface area contributed by atoms with Crippen molar-refractivity contribution in [3.8, 4) is 0 Å². The predicted octanol–water partition coefficient (Wildman–Crippen LogP) is 4.75. The van der Waals surface area contributed by atoms with Gasteiger partial charge in [0.1, 0.15) is 0 Å². The molecule has 1 aromatic rings. The van der Waals surface area contributed by atoms with E-state index in [2.05, 4.69) is 65.1 Å². The molecule has 1 saturated heterocycles. The van der Waals surface area contributed by atoms with Crippen molar-refractivity contribution in [2.24, 2.45) is 5.41 Å². The zero-order valence-electron chi connectivity index (χ0n) is 13.2. The molecule has 3 heteroatoms. The molecule has 2 nitrogen and oxygen atoms in total. The summed E-state index contributed by atoms with van der Waals surface area (Å²) in [5.41, 5.74) is 3.27. The first kappa shape index (κ1) is 15.8.